The summed E-state index contributed by atoms with van der Waals surface area (Å²) in [6, 6.07) is 9.37. The Hall–Kier alpha value is -3.00. The summed E-state index contributed by atoms with van der Waals surface area (Å²) < 4.78 is 26.4. The highest BCUT2D eigenvalue weighted by molar-refractivity contribution is 6.39. The molecule has 170 valence electrons. The monoisotopic (exact) mass is 442 g/mol. The van der Waals surface area contributed by atoms with E-state index in [1.54, 1.807) is 0 Å². The van der Waals surface area contributed by atoms with Crippen LogP contribution in [0.3, 0.4) is 0 Å². The second kappa shape index (κ2) is 9.65. The standard InChI is InChI=1S/C24H28F2N4O2/c1-29-12-9-17-13-16(5-8-21(17)29)22(30-10-3-2-4-11-30)15-27-23(31)24(32)28-18-6-7-19(25)20(26)14-18/h5-8,13-14,22H,2-4,9-12,15H2,1H3,(H,27,31)(H,28,32). The van der Waals surface area contributed by atoms with Gasteiger partial charge in [0.2, 0.25) is 0 Å². The van der Waals surface area contributed by atoms with Gasteiger partial charge in [0.05, 0.1) is 6.04 Å². The first-order chi connectivity index (χ1) is 15.4. The maximum atomic E-state index is 13.4. The second-order valence-corrected chi connectivity index (χ2v) is 8.47. The van der Waals surface area contributed by atoms with E-state index in [4.69, 9.17) is 0 Å². The largest absolute Gasteiger partial charge is 0.374 e. The topological polar surface area (TPSA) is 64.7 Å². The molecule has 1 unspecified atom stereocenters. The number of carbonyl (C=O) groups is 2. The first-order valence-electron chi connectivity index (χ1n) is 11.0. The minimum Gasteiger partial charge on any atom is -0.374 e. The molecule has 0 saturated carbocycles. The minimum absolute atomic E-state index is 0.0272. The number of halogens is 2. The Bertz CT molecular complexity index is 1010. The van der Waals surface area contributed by atoms with Gasteiger partial charge >= 0.3 is 11.8 Å². The smallest absolute Gasteiger partial charge is 0.313 e. The summed E-state index contributed by atoms with van der Waals surface area (Å²) in [5, 5.41) is 5.05. The number of nitrogens with zero attached hydrogens (tertiary/aromatic N) is 2. The zero-order valence-electron chi connectivity index (χ0n) is 18.2. The van der Waals surface area contributed by atoms with Gasteiger partial charge in [0.1, 0.15) is 0 Å². The van der Waals surface area contributed by atoms with Gasteiger partial charge < -0.3 is 15.5 Å². The van der Waals surface area contributed by atoms with Gasteiger partial charge in [-0.05, 0) is 61.7 Å². The average molecular weight is 443 g/mol. The Kier molecular flexibility index (Phi) is 6.69. The number of likely N-dealkylation sites (N-methyl/N-ethyl adjacent to an activating group) is 1. The number of nitrogens with one attached hydrogen (secondary N) is 2. The number of anilines is 2. The summed E-state index contributed by atoms with van der Waals surface area (Å²) in [5.74, 6) is -3.82. The highest BCUT2D eigenvalue weighted by atomic mass is 19.2. The molecule has 0 radical (unpaired) electrons. The Labute approximate surface area is 186 Å². The van der Waals surface area contributed by atoms with Gasteiger partial charge in [-0.15, -0.1) is 0 Å². The molecule has 2 N–H and O–H groups in total. The van der Waals surface area contributed by atoms with Gasteiger partial charge in [0, 0.05) is 37.6 Å². The fraction of sp³-hybridized carbons (Fsp3) is 0.417. The average Bonchev–Trinajstić information content (AvgIpc) is 3.17. The van der Waals surface area contributed by atoms with E-state index in [0.29, 0.717) is 6.54 Å². The summed E-state index contributed by atoms with van der Waals surface area (Å²) >= 11 is 0. The lowest BCUT2D eigenvalue weighted by Crippen LogP contribution is -2.43. The van der Waals surface area contributed by atoms with E-state index in [9.17, 15) is 18.4 Å². The number of amides is 2. The molecule has 1 atom stereocenters. The SMILES string of the molecule is CN1CCc2cc(C(CNC(=O)C(=O)Nc3ccc(F)c(F)c3)N3CCCCC3)ccc21. The molecule has 8 heteroatoms. The Morgan fingerprint density at radius 1 is 0.969 bits per heavy atom. The van der Waals surface area contributed by atoms with Crippen molar-refractivity contribution >= 4 is 23.2 Å². The molecule has 1 saturated heterocycles. The van der Waals surface area contributed by atoms with Crippen LogP contribution >= 0.6 is 0 Å². The van der Waals surface area contributed by atoms with Crippen molar-refractivity contribution in [2.45, 2.75) is 31.7 Å². The molecule has 0 bridgehead atoms. The van der Waals surface area contributed by atoms with Crippen molar-refractivity contribution in [3.05, 3.63) is 59.2 Å². The molecule has 0 aliphatic carbocycles. The molecule has 0 spiro atoms. The van der Waals surface area contributed by atoms with Gasteiger partial charge in [0.25, 0.3) is 0 Å². The van der Waals surface area contributed by atoms with Gasteiger partial charge in [-0.3, -0.25) is 14.5 Å². The summed E-state index contributed by atoms with van der Waals surface area (Å²) in [4.78, 5) is 29.3. The second-order valence-electron chi connectivity index (χ2n) is 8.47. The number of fused-ring (bicyclic) bond motifs is 1. The van der Waals surface area contributed by atoms with Crippen molar-refractivity contribution in [3.63, 3.8) is 0 Å². The predicted octanol–water partition coefficient (Wildman–Crippen LogP) is 3.24. The van der Waals surface area contributed by atoms with E-state index in [1.165, 1.54) is 23.7 Å². The van der Waals surface area contributed by atoms with E-state index in [2.05, 4.69) is 45.7 Å². The predicted molar refractivity (Wildman–Crippen MR) is 120 cm³/mol. The molecular formula is C24H28F2N4O2. The third-order valence-electron chi connectivity index (χ3n) is 6.29. The number of likely N-dealkylation sites (tertiary alicyclic amines) is 1. The van der Waals surface area contributed by atoms with Crippen LogP contribution in [0.25, 0.3) is 0 Å². The normalized spacial score (nSPS) is 17.0. The summed E-state index contributed by atoms with van der Waals surface area (Å²) in [5.41, 5.74) is 3.69. The highest BCUT2D eigenvalue weighted by Gasteiger charge is 2.26. The van der Waals surface area contributed by atoms with Crippen LogP contribution in [0.2, 0.25) is 0 Å². The van der Waals surface area contributed by atoms with Crippen molar-refractivity contribution in [3.8, 4) is 0 Å². The molecular weight excluding hydrogens is 414 g/mol. The Morgan fingerprint density at radius 3 is 2.50 bits per heavy atom. The highest BCUT2D eigenvalue weighted by Crippen LogP contribution is 2.32. The van der Waals surface area contributed by atoms with E-state index >= 15 is 0 Å². The lowest BCUT2D eigenvalue weighted by atomic mass is 9.98. The molecule has 2 aromatic rings. The van der Waals surface area contributed by atoms with Crippen LogP contribution in [0, 0.1) is 11.6 Å². The number of hydrogen-bond acceptors (Lipinski definition) is 4. The summed E-state index contributed by atoms with van der Waals surface area (Å²) in [6.07, 6.45) is 4.40. The number of hydrogen-bond donors (Lipinski definition) is 2. The van der Waals surface area contributed by atoms with Crippen LogP contribution in [0.5, 0.6) is 0 Å². The van der Waals surface area contributed by atoms with E-state index in [1.807, 2.05) is 0 Å². The van der Waals surface area contributed by atoms with E-state index in [0.717, 1.165) is 56.6 Å². The lowest BCUT2D eigenvalue weighted by Gasteiger charge is -2.35. The maximum absolute atomic E-state index is 13.4. The van der Waals surface area contributed by atoms with Gasteiger partial charge in [-0.1, -0.05) is 18.6 Å². The van der Waals surface area contributed by atoms with Crippen LogP contribution in [-0.4, -0.2) is 49.9 Å². The maximum Gasteiger partial charge on any atom is 0.313 e. The quantitative estimate of drug-likeness (QED) is 0.698. The number of piperidine rings is 1. The molecule has 2 aliphatic rings. The van der Waals surface area contributed by atoms with Crippen molar-refractivity contribution in [1.29, 1.82) is 0 Å². The molecule has 2 amide bonds. The summed E-state index contributed by atoms with van der Waals surface area (Å²) in [6.45, 7) is 3.17. The molecule has 0 aromatic heterocycles. The molecule has 2 aromatic carbocycles. The molecule has 2 aliphatic heterocycles. The molecule has 1 fully saturated rings. The molecule has 6 nitrogen and oxygen atoms in total. The molecule has 4 rings (SSSR count). The van der Waals surface area contributed by atoms with Crippen LogP contribution in [0.4, 0.5) is 20.2 Å². The van der Waals surface area contributed by atoms with Crippen molar-refractivity contribution < 1.29 is 18.4 Å². The van der Waals surface area contributed by atoms with Gasteiger partial charge in [-0.25, -0.2) is 8.78 Å². The Balaban J connectivity index is 1.44. The fourth-order valence-corrected chi connectivity index (χ4v) is 4.51. The van der Waals surface area contributed by atoms with Crippen molar-refractivity contribution in [2.75, 3.05) is 43.4 Å². The van der Waals surface area contributed by atoms with Gasteiger partial charge in [-0.2, -0.15) is 0 Å². The minimum atomic E-state index is -1.09. The van der Waals surface area contributed by atoms with Gasteiger partial charge in [0.15, 0.2) is 11.6 Å². The van der Waals surface area contributed by atoms with E-state index in [-0.39, 0.29) is 11.7 Å². The van der Waals surface area contributed by atoms with Crippen LogP contribution in [-0.2, 0) is 16.0 Å². The number of rotatable bonds is 5. The molecule has 32 heavy (non-hydrogen) atoms. The Morgan fingerprint density at radius 2 is 1.75 bits per heavy atom. The number of carbonyl (C=O) groups excluding carboxylic acids is 2. The number of benzene rings is 2. The fourth-order valence-electron chi connectivity index (χ4n) is 4.51. The first-order valence-corrected chi connectivity index (χ1v) is 11.0. The third kappa shape index (κ3) is 4.91. The lowest BCUT2D eigenvalue weighted by molar-refractivity contribution is -0.136. The van der Waals surface area contributed by atoms with Crippen LogP contribution < -0.4 is 15.5 Å². The zero-order valence-corrected chi connectivity index (χ0v) is 18.2. The zero-order chi connectivity index (χ0) is 22.7. The van der Waals surface area contributed by atoms with Crippen LogP contribution in [0.15, 0.2) is 36.4 Å². The van der Waals surface area contributed by atoms with Crippen molar-refractivity contribution in [1.82, 2.24) is 10.2 Å². The van der Waals surface area contributed by atoms with Crippen LogP contribution in [0.1, 0.15) is 36.4 Å². The first kappa shape index (κ1) is 22.2. The third-order valence-corrected chi connectivity index (χ3v) is 6.29. The molecule has 2 heterocycles. The summed E-state index contributed by atoms with van der Waals surface area (Å²) in [7, 11) is 2.08. The van der Waals surface area contributed by atoms with Crippen molar-refractivity contribution in [2.24, 2.45) is 0 Å². The van der Waals surface area contributed by atoms with E-state index < -0.39 is 23.4 Å².